The monoisotopic (exact) mass is 164 g/mol. The summed E-state index contributed by atoms with van der Waals surface area (Å²) in [6, 6.07) is 0. The highest BCUT2D eigenvalue weighted by molar-refractivity contribution is 5.84. The van der Waals surface area contributed by atoms with Crippen molar-refractivity contribution >= 4 is 5.78 Å². The van der Waals surface area contributed by atoms with Crippen molar-refractivity contribution in [2.75, 3.05) is 0 Å². The molecule has 0 unspecified atom stereocenters. The molecule has 0 spiro atoms. The maximum atomic E-state index is 11.6. The second kappa shape index (κ2) is 2.45. The zero-order valence-electron chi connectivity index (χ0n) is 7.84. The Morgan fingerprint density at radius 2 is 2.33 bits per heavy atom. The van der Waals surface area contributed by atoms with Gasteiger partial charge in [0.05, 0.1) is 0 Å². The molecule has 1 saturated carbocycles. The zero-order valence-corrected chi connectivity index (χ0v) is 7.84. The van der Waals surface area contributed by atoms with Crippen LogP contribution in [0.25, 0.3) is 0 Å². The van der Waals surface area contributed by atoms with Crippen molar-refractivity contribution in [3.8, 4) is 0 Å². The summed E-state index contributed by atoms with van der Waals surface area (Å²) in [5, 5.41) is 0. The van der Waals surface area contributed by atoms with Crippen LogP contribution in [0.4, 0.5) is 0 Å². The van der Waals surface area contributed by atoms with Gasteiger partial charge >= 0.3 is 0 Å². The molecule has 0 aromatic rings. The highest BCUT2D eigenvalue weighted by atomic mass is 16.1. The van der Waals surface area contributed by atoms with Crippen LogP contribution in [0, 0.1) is 17.3 Å². The lowest BCUT2D eigenvalue weighted by atomic mass is 9.68. The minimum absolute atomic E-state index is 0.297. The number of carbonyl (C=O) groups is 1. The zero-order chi connectivity index (χ0) is 8.77. The number of ketones is 1. The van der Waals surface area contributed by atoms with Gasteiger partial charge in [-0.25, -0.2) is 0 Å². The highest BCUT2D eigenvalue weighted by Crippen LogP contribution is 2.49. The van der Waals surface area contributed by atoms with Gasteiger partial charge in [0.1, 0.15) is 5.78 Å². The van der Waals surface area contributed by atoms with Gasteiger partial charge in [-0.05, 0) is 24.2 Å². The Morgan fingerprint density at radius 1 is 1.58 bits per heavy atom. The first-order valence-corrected chi connectivity index (χ1v) is 4.83. The summed E-state index contributed by atoms with van der Waals surface area (Å²) in [6.45, 7) is 4.43. The van der Waals surface area contributed by atoms with Crippen LogP contribution in [0.1, 0.15) is 33.1 Å². The normalized spacial score (nSPS) is 46.3. The van der Waals surface area contributed by atoms with Crippen molar-refractivity contribution < 1.29 is 4.79 Å². The molecule has 0 aromatic carbocycles. The molecule has 2 rings (SSSR count). The quantitative estimate of drug-likeness (QED) is 0.503. The molecule has 1 heteroatoms. The van der Waals surface area contributed by atoms with Crippen LogP contribution in [-0.2, 0) is 4.79 Å². The standard InChI is InChI=1S/C11H16O/c1-8-4-3-6-11(2)7-5-9(12)10(8)11/h3-4,8,10H,5-7H2,1-2H3/t8-,10+,11-/m1/s1. The number of allylic oxidation sites excluding steroid dienone is 2. The third kappa shape index (κ3) is 0.954. The largest absolute Gasteiger partial charge is 0.299 e. The summed E-state index contributed by atoms with van der Waals surface area (Å²) < 4.78 is 0. The number of Topliss-reactive ketones (excluding diaryl/α,β-unsaturated/α-hetero) is 1. The van der Waals surface area contributed by atoms with Gasteiger partial charge in [0.15, 0.2) is 0 Å². The van der Waals surface area contributed by atoms with Gasteiger partial charge in [-0.1, -0.05) is 26.0 Å². The molecular formula is C11H16O. The fourth-order valence-electron chi connectivity index (χ4n) is 2.93. The summed E-state index contributed by atoms with van der Waals surface area (Å²) in [4.78, 5) is 11.6. The average molecular weight is 164 g/mol. The van der Waals surface area contributed by atoms with E-state index in [0.717, 1.165) is 19.3 Å². The molecule has 0 aliphatic heterocycles. The van der Waals surface area contributed by atoms with Crippen LogP contribution in [0.15, 0.2) is 12.2 Å². The van der Waals surface area contributed by atoms with Crippen molar-refractivity contribution in [3.63, 3.8) is 0 Å². The summed E-state index contributed by atoms with van der Waals surface area (Å²) in [7, 11) is 0. The second-order valence-electron chi connectivity index (χ2n) is 4.59. The van der Waals surface area contributed by atoms with E-state index in [1.165, 1.54) is 0 Å². The van der Waals surface area contributed by atoms with E-state index in [4.69, 9.17) is 0 Å². The van der Waals surface area contributed by atoms with Crippen molar-refractivity contribution in [2.45, 2.75) is 33.1 Å². The van der Waals surface area contributed by atoms with Gasteiger partial charge in [-0.3, -0.25) is 4.79 Å². The first-order valence-electron chi connectivity index (χ1n) is 4.83. The molecule has 2 aliphatic carbocycles. The van der Waals surface area contributed by atoms with Gasteiger partial charge in [0, 0.05) is 12.3 Å². The van der Waals surface area contributed by atoms with E-state index in [1.54, 1.807) is 0 Å². The molecule has 3 atom stereocenters. The van der Waals surface area contributed by atoms with Gasteiger partial charge in [-0.2, -0.15) is 0 Å². The summed E-state index contributed by atoms with van der Waals surface area (Å²) in [5.74, 6) is 1.29. The molecule has 0 amide bonds. The third-order valence-electron chi connectivity index (χ3n) is 3.59. The molecular weight excluding hydrogens is 148 g/mol. The fourth-order valence-corrected chi connectivity index (χ4v) is 2.93. The predicted octanol–water partition coefficient (Wildman–Crippen LogP) is 2.57. The van der Waals surface area contributed by atoms with E-state index in [2.05, 4.69) is 26.0 Å². The van der Waals surface area contributed by atoms with E-state index >= 15 is 0 Å². The Kier molecular flexibility index (Phi) is 1.64. The van der Waals surface area contributed by atoms with Crippen molar-refractivity contribution in [1.82, 2.24) is 0 Å². The van der Waals surface area contributed by atoms with Crippen LogP contribution in [0.3, 0.4) is 0 Å². The van der Waals surface area contributed by atoms with E-state index in [1.807, 2.05) is 0 Å². The topological polar surface area (TPSA) is 17.1 Å². The van der Waals surface area contributed by atoms with E-state index < -0.39 is 0 Å². The number of hydrogen-bond donors (Lipinski definition) is 0. The van der Waals surface area contributed by atoms with Crippen LogP contribution >= 0.6 is 0 Å². The van der Waals surface area contributed by atoms with Gasteiger partial charge in [0.25, 0.3) is 0 Å². The molecule has 0 bridgehead atoms. The Hall–Kier alpha value is -0.590. The molecule has 12 heavy (non-hydrogen) atoms. The molecule has 2 aliphatic rings. The van der Waals surface area contributed by atoms with E-state index in [-0.39, 0.29) is 0 Å². The fraction of sp³-hybridized carbons (Fsp3) is 0.727. The Balaban J connectivity index is 2.35. The molecule has 1 fully saturated rings. The molecule has 0 saturated heterocycles. The van der Waals surface area contributed by atoms with Gasteiger partial charge in [0.2, 0.25) is 0 Å². The summed E-state index contributed by atoms with van der Waals surface area (Å²) in [5.41, 5.74) is 0.297. The predicted molar refractivity (Wildman–Crippen MR) is 48.8 cm³/mol. The van der Waals surface area contributed by atoms with Crippen LogP contribution in [-0.4, -0.2) is 5.78 Å². The minimum atomic E-state index is 0.297. The number of fused-ring (bicyclic) bond motifs is 1. The van der Waals surface area contributed by atoms with Crippen LogP contribution in [0.5, 0.6) is 0 Å². The number of carbonyl (C=O) groups excluding carboxylic acids is 1. The van der Waals surface area contributed by atoms with Crippen LogP contribution in [0.2, 0.25) is 0 Å². The Labute approximate surface area is 73.8 Å². The van der Waals surface area contributed by atoms with E-state index in [0.29, 0.717) is 23.0 Å². The third-order valence-corrected chi connectivity index (χ3v) is 3.59. The Bertz CT molecular complexity index is 241. The molecule has 1 nitrogen and oxygen atoms in total. The Morgan fingerprint density at radius 3 is 3.00 bits per heavy atom. The maximum absolute atomic E-state index is 11.6. The van der Waals surface area contributed by atoms with Crippen molar-refractivity contribution in [3.05, 3.63) is 12.2 Å². The summed E-state index contributed by atoms with van der Waals surface area (Å²) >= 11 is 0. The molecule has 0 N–H and O–H groups in total. The van der Waals surface area contributed by atoms with E-state index in [9.17, 15) is 4.79 Å². The van der Waals surface area contributed by atoms with Crippen molar-refractivity contribution in [1.29, 1.82) is 0 Å². The first kappa shape index (κ1) is 8.03. The molecule has 0 aromatic heterocycles. The highest BCUT2D eigenvalue weighted by Gasteiger charge is 2.47. The molecule has 66 valence electrons. The lowest BCUT2D eigenvalue weighted by Gasteiger charge is -2.35. The lowest BCUT2D eigenvalue weighted by molar-refractivity contribution is -0.123. The average Bonchev–Trinajstić information content (AvgIpc) is 2.29. The number of hydrogen-bond acceptors (Lipinski definition) is 1. The van der Waals surface area contributed by atoms with Gasteiger partial charge < -0.3 is 0 Å². The van der Waals surface area contributed by atoms with Gasteiger partial charge in [-0.15, -0.1) is 0 Å². The minimum Gasteiger partial charge on any atom is -0.299 e. The first-order chi connectivity index (χ1) is 5.63. The smallest absolute Gasteiger partial charge is 0.137 e. The SMILES string of the molecule is C[C@@H]1C=CC[C@]2(C)CCC(=O)[C@H]12. The molecule has 0 heterocycles. The molecule has 0 radical (unpaired) electrons. The van der Waals surface area contributed by atoms with Crippen LogP contribution < -0.4 is 0 Å². The second-order valence-corrected chi connectivity index (χ2v) is 4.59. The van der Waals surface area contributed by atoms with Crippen molar-refractivity contribution in [2.24, 2.45) is 17.3 Å². The maximum Gasteiger partial charge on any atom is 0.137 e. The lowest BCUT2D eigenvalue weighted by Crippen LogP contribution is -2.32. The summed E-state index contributed by atoms with van der Waals surface area (Å²) in [6.07, 6.45) is 7.47. The number of rotatable bonds is 0.